The van der Waals surface area contributed by atoms with E-state index in [9.17, 15) is 4.79 Å². The van der Waals surface area contributed by atoms with Crippen molar-refractivity contribution in [2.24, 2.45) is 11.7 Å². The highest BCUT2D eigenvalue weighted by Gasteiger charge is 2.24. The summed E-state index contributed by atoms with van der Waals surface area (Å²) in [4.78, 5) is 12.1. The molecule has 3 nitrogen and oxygen atoms in total. The fraction of sp³-hybridized carbons (Fsp3) is 0.400. The molecule has 2 atom stereocenters. The number of hydrogen-bond acceptors (Lipinski definition) is 2. The largest absolute Gasteiger partial charge is 0.352 e. The Bertz CT molecular complexity index is 419. The predicted molar refractivity (Wildman–Crippen MR) is 72.8 cm³/mol. The predicted octanol–water partition coefficient (Wildman–Crippen LogP) is 2.16. The van der Waals surface area contributed by atoms with Crippen LogP contribution in [-0.2, 0) is 4.79 Å². The summed E-state index contributed by atoms with van der Waals surface area (Å²) in [7, 11) is 0. The number of benzene rings is 1. The van der Waals surface area contributed by atoms with Crippen LogP contribution in [0.2, 0.25) is 0 Å². The number of nitrogens with two attached hydrogens (primary N) is 1. The lowest BCUT2D eigenvalue weighted by Gasteiger charge is -2.22. The molecular formula is C15H20N2O. The molecule has 1 aromatic rings. The van der Waals surface area contributed by atoms with Gasteiger partial charge in [-0.25, -0.2) is 0 Å². The summed E-state index contributed by atoms with van der Waals surface area (Å²) in [5.41, 5.74) is 7.14. The van der Waals surface area contributed by atoms with E-state index < -0.39 is 0 Å². The molecule has 2 rings (SSSR count). The maximum Gasteiger partial charge on any atom is 0.224 e. The Labute approximate surface area is 108 Å². The van der Waals surface area contributed by atoms with Gasteiger partial charge < -0.3 is 11.1 Å². The van der Waals surface area contributed by atoms with Crippen molar-refractivity contribution in [2.75, 3.05) is 0 Å². The zero-order valence-electron chi connectivity index (χ0n) is 10.7. The molecule has 1 aliphatic carbocycles. The summed E-state index contributed by atoms with van der Waals surface area (Å²) in [6.45, 7) is 1.88. The van der Waals surface area contributed by atoms with Crippen molar-refractivity contribution < 1.29 is 4.79 Å². The van der Waals surface area contributed by atoms with Crippen LogP contribution in [0.4, 0.5) is 0 Å². The zero-order chi connectivity index (χ0) is 13.0. The van der Waals surface area contributed by atoms with Gasteiger partial charge in [-0.1, -0.05) is 49.4 Å². The van der Waals surface area contributed by atoms with Crippen LogP contribution < -0.4 is 11.1 Å². The number of hydrogen-bond donors (Lipinski definition) is 2. The first kappa shape index (κ1) is 12.8. The maximum atomic E-state index is 12.1. The number of rotatable bonds is 4. The third kappa shape index (κ3) is 2.99. The Morgan fingerprint density at radius 3 is 2.50 bits per heavy atom. The van der Waals surface area contributed by atoms with Gasteiger partial charge in [0.2, 0.25) is 5.91 Å². The van der Waals surface area contributed by atoms with E-state index in [4.69, 9.17) is 5.73 Å². The lowest BCUT2D eigenvalue weighted by atomic mass is 9.94. The lowest BCUT2D eigenvalue weighted by molar-refractivity contribution is -0.125. The van der Waals surface area contributed by atoms with Gasteiger partial charge in [0, 0.05) is 12.1 Å². The number of nitrogens with one attached hydrogen (secondary N) is 1. The molecule has 3 heteroatoms. The maximum absolute atomic E-state index is 12.1. The molecule has 3 N–H and O–H groups in total. The quantitative estimate of drug-likeness (QED) is 0.797. The average Bonchev–Trinajstić information content (AvgIpc) is 2.91. The Morgan fingerprint density at radius 1 is 1.28 bits per heavy atom. The van der Waals surface area contributed by atoms with E-state index in [0.717, 1.165) is 18.4 Å². The van der Waals surface area contributed by atoms with Gasteiger partial charge in [0.05, 0.1) is 5.92 Å². The topological polar surface area (TPSA) is 55.1 Å². The third-order valence-electron chi connectivity index (χ3n) is 3.49. The van der Waals surface area contributed by atoms with E-state index in [1.165, 1.54) is 0 Å². The van der Waals surface area contributed by atoms with Crippen molar-refractivity contribution in [3.8, 4) is 0 Å². The highest BCUT2D eigenvalue weighted by Crippen LogP contribution is 2.20. The first-order chi connectivity index (χ1) is 8.68. The molecule has 1 aromatic carbocycles. The SMILES string of the molecule is CC(C(=O)NC1CC=CC1)C(N)c1ccccc1. The Morgan fingerprint density at radius 2 is 1.89 bits per heavy atom. The summed E-state index contributed by atoms with van der Waals surface area (Å²) in [5, 5.41) is 3.05. The van der Waals surface area contributed by atoms with E-state index >= 15 is 0 Å². The van der Waals surface area contributed by atoms with Crippen LogP contribution in [0, 0.1) is 5.92 Å². The molecule has 0 fully saturated rings. The lowest BCUT2D eigenvalue weighted by Crippen LogP contribution is -2.40. The van der Waals surface area contributed by atoms with Crippen LogP contribution in [0.5, 0.6) is 0 Å². The molecule has 0 aromatic heterocycles. The van der Waals surface area contributed by atoms with Gasteiger partial charge in [-0.3, -0.25) is 4.79 Å². The summed E-state index contributed by atoms with van der Waals surface area (Å²) in [6.07, 6.45) is 6.07. The van der Waals surface area contributed by atoms with E-state index in [1.807, 2.05) is 37.3 Å². The minimum absolute atomic E-state index is 0.0417. The zero-order valence-corrected chi connectivity index (χ0v) is 10.7. The fourth-order valence-electron chi connectivity index (χ4n) is 2.19. The highest BCUT2D eigenvalue weighted by atomic mass is 16.1. The first-order valence-corrected chi connectivity index (χ1v) is 6.44. The van der Waals surface area contributed by atoms with Gasteiger partial charge in [-0.05, 0) is 18.4 Å². The van der Waals surface area contributed by atoms with Crippen LogP contribution >= 0.6 is 0 Å². The van der Waals surface area contributed by atoms with Crippen molar-refractivity contribution in [1.29, 1.82) is 0 Å². The van der Waals surface area contributed by atoms with E-state index in [0.29, 0.717) is 0 Å². The van der Waals surface area contributed by atoms with Crippen molar-refractivity contribution >= 4 is 5.91 Å². The van der Waals surface area contributed by atoms with E-state index in [2.05, 4.69) is 17.5 Å². The second-order valence-corrected chi connectivity index (χ2v) is 4.87. The van der Waals surface area contributed by atoms with Crippen molar-refractivity contribution in [3.63, 3.8) is 0 Å². The molecule has 0 heterocycles. The summed E-state index contributed by atoms with van der Waals surface area (Å²) >= 11 is 0. The molecular weight excluding hydrogens is 224 g/mol. The Hall–Kier alpha value is -1.61. The highest BCUT2D eigenvalue weighted by molar-refractivity contribution is 5.79. The number of carbonyl (C=O) groups excluding carboxylic acids is 1. The minimum Gasteiger partial charge on any atom is -0.352 e. The molecule has 18 heavy (non-hydrogen) atoms. The molecule has 96 valence electrons. The van der Waals surface area contributed by atoms with Gasteiger partial charge in [0.1, 0.15) is 0 Å². The van der Waals surface area contributed by atoms with Gasteiger partial charge >= 0.3 is 0 Å². The molecule has 0 saturated carbocycles. The summed E-state index contributed by atoms with van der Waals surface area (Å²) in [6, 6.07) is 9.77. The van der Waals surface area contributed by atoms with Crippen LogP contribution in [0.25, 0.3) is 0 Å². The van der Waals surface area contributed by atoms with Crippen molar-refractivity contribution in [3.05, 3.63) is 48.0 Å². The van der Waals surface area contributed by atoms with Gasteiger partial charge in [-0.15, -0.1) is 0 Å². The Balaban J connectivity index is 1.93. The van der Waals surface area contributed by atoms with Crippen LogP contribution in [0.15, 0.2) is 42.5 Å². The monoisotopic (exact) mass is 244 g/mol. The molecule has 0 radical (unpaired) electrons. The van der Waals surface area contributed by atoms with Crippen LogP contribution in [-0.4, -0.2) is 11.9 Å². The van der Waals surface area contributed by atoms with Crippen molar-refractivity contribution in [2.45, 2.75) is 31.8 Å². The number of amides is 1. The van der Waals surface area contributed by atoms with Gasteiger partial charge in [-0.2, -0.15) is 0 Å². The minimum atomic E-state index is -0.249. The molecule has 0 spiro atoms. The molecule has 0 aliphatic heterocycles. The van der Waals surface area contributed by atoms with Gasteiger partial charge in [0.15, 0.2) is 0 Å². The van der Waals surface area contributed by atoms with Crippen LogP contribution in [0.3, 0.4) is 0 Å². The Kier molecular flexibility index (Phi) is 4.15. The number of carbonyl (C=O) groups is 1. The van der Waals surface area contributed by atoms with Crippen molar-refractivity contribution in [1.82, 2.24) is 5.32 Å². The second kappa shape index (κ2) is 5.83. The summed E-state index contributed by atoms with van der Waals surface area (Å²) < 4.78 is 0. The molecule has 2 unspecified atom stereocenters. The third-order valence-corrected chi connectivity index (χ3v) is 3.49. The average molecular weight is 244 g/mol. The standard InChI is InChI=1S/C15H20N2O/c1-11(14(16)12-7-3-2-4-8-12)15(18)17-13-9-5-6-10-13/h2-8,11,13-14H,9-10,16H2,1H3,(H,17,18). The smallest absolute Gasteiger partial charge is 0.224 e. The van der Waals surface area contributed by atoms with E-state index in [-0.39, 0.29) is 23.9 Å². The second-order valence-electron chi connectivity index (χ2n) is 4.87. The van der Waals surface area contributed by atoms with Gasteiger partial charge in [0.25, 0.3) is 0 Å². The molecule has 0 saturated heterocycles. The molecule has 1 amide bonds. The molecule has 1 aliphatic rings. The normalized spacial score (nSPS) is 18.6. The molecule has 0 bridgehead atoms. The summed E-state index contributed by atoms with van der Waals surface area (Å²) in [5.74, 6) is -0.173. The van der Waals surface area contributed by atoms with E-state index in [1.54, 1.807) is 0 Å². The van der Waals surface area contributed by atoms with Crippen LogP contribution in [0.1, 0.15) is 31.4 Å². The first-order valence-electron chi connectivity index (χ1n) is 6.44. The fourth-order valence-corrected chi connectivity index (χ4v) is 2.19.